The van der Waals surface area contributed by atoms with Gasteiger partial charge < -0.3 is 5.73 Å². The molecule has 0 saturated heterocycles. The molecule has 14 heavy (non-hydrogen) atoms. The van der Waals surface area contributed by atoms with Gasteiger partial charge in [0.2, 0.25) is 0 Å². The molecular formula is C8H7ClN4S. The van der Waals surface area contributed by atoms with Crippen LogP contribution in [0.15, 0.2) is 34.6 Å². The van der Waals surface area contributed by atoms with Crippen molar-refractivity contribution in [2.75, 3.05) is 5.73 Å². The quantitative estimate of drug-likeness (QED) is 0.771. The van der Waals surface area contributed by atoms with Gasteiger partial charge in [-0.3, -0.25) is 5.10 Å². The van der Waals surface area contributed by atoms with E-state index >= 15 is 0 Å². The summed E-state index contributed by atoms with van der Waals surface area (Å²) in [6.07, 6.45) is 1.45. The number of hydrogen-bond donors (Lipinski definition) is 2. The van der Waals surface area contributed by atoms with Gasteiger partial charge in [0.1, 0.15) is 6.33 Å². The molecule has 0 fully saturated rings. The first-order chi connectivity index (χ1) is 6.75. The normalized spacial score (nSPS) is 10.4. The Morgan fingerprint density at radius 3 is 3.00 bits per heavy atom. The van der Waals surface area contributed by atoms with Crippen molar-refractivity contribution < 1.29 is 0 Å². The third-order valence-electron chi connectivity index (χ3n) is 1.58. The van der Waals surface area contributed by atoms with Gasteiger partial charge in [0.05, 0.1) is 0 Å². The minimum absolute atomic E-state index is 0.654. The zero-order chi connectivity index (χ0) is 9.97. The van der Waals surface area contributed by atoms with Gasteiger partial charge in [-0.25, -0.2) is 4.98 Å². The minimum atomic E-state index is 0.654. The van der Waals surface area contributed by atoms with Crippen LogP contribution in [0.2, 0.25) is 5.02 Å². The van der Waals surface area contributed by atoms with Crippen LogP contribution in [0.5, 0.6) is 0 Å². The van der Waals surface area contributed by atoms with Crippen LogP contribution in [0.25, 0.3) is 0 Å². The summed E-state index contributed by atoms with van der Waals surface area (Å²) in [6.45, 7) is 0. The topological polar surface area (TPSA) is 67.6 Å². The SMILES string of the molecule is Nc1ccc(Cl)cc1Sc1ncn[nH]1. The van der Waals surface area contributed by atoms with Crippen LogP contribution in [0.3, 0.4) is 0 Å². The molecule has 6 heteroatoms. The van der Waals surface area contributed by atoms with Crippen molar-refractivity contribution in [1.29, 1.82) is 0 Å². The number of rotatable bonds is 2. The summed E-state index contributed by atoms with van der Waals surface area (Å²) in [4.78, 5) is 4.85. The molecule has 0 unspecified atom stereocenters. The van der Waals surface area contributed by atoms with Gasteiger partial charge in [0.25, 0.3) is 0 Å². The summed E-state index contributed by atoms with van der Waals surface area (Å²) in [5.41, 5.74) is 6.44. The van der Waals surface area contributed by atoms with Crippen molar-refractivity contribution >= 4 is 29.1 Å². The van der Waals surface area contributed by atoms with E-state index in [2.05, 4.69) is 15.2 Å². The molecule has 0 saturated carbocycles. The number of nitrogens with two attached hydrogens (primary N) is 1. The summed E-state index contributed by atoms with van der Waals surface area (Å²) >= 11 is 7.24. The molecule has 2 aromatic rings. The lowest BCUT2D eigenvalue weighted by Crippen LogP contribution is -1.88. The number of benzene rings is 1. The van der Waals surface area contributed by atoms with E-state index in [1.165, 1.54) is 18.1 Å². The summed E-state index contributed by atoms with van der Waals surface area (Å²) in [7, 11) is 0. The molecule has 1 heterocycles. The Kier molecular flexibility index (Phi) is 2.60. The fourth-order valence-corrected chi connectivity index (χ4v) is 1.96. The second-order valence-electron chi connectivity index (χ2n) is 2.57. The first-order valence-corrected chi connectivity index (χ1v) is 5.03. The first kappa shape index (κ1) is 9.36. The standard InChI is InChI=1S/C8H7ClN4S/c9-5-1-2-6(10)7(3-5)14-8-11-4-12-13-8/h1-4H,10H2,(H,11,12,13). The van der Waals surface area contributed by atoms with Gasteiger partial charge in [-0.2, -0.15) is 5.10 Å². The number of nitrogens with one attached hydrogen (secondary N) is 1. The molecule has 0 atom stereocenters. The molecule has 1 aromatic heterocycles. The Morgan fingerprint density at radius 2 is 2.29 bits per heavy atom. The zero-order valence-corrected chi connectivity index (χ0v) is 8.64. The largest absolute Gasteiger partial charge is 0.398 e. The first-order valence-electron chi connectivity index (χ1n) is 3.84. The number of aromatic amines is 1. The van der Waals surface area contributed by atoms with E-state index in [4.69, 9.17) is 17.3 Å². The average Bonchev–Trinajstić information content (AvgIpc) is 2.64. The molecule has 0 amide bonds. The van der Waals surface area contributed by atoms with Crippen molar-refractivity contribution in [1.82, 2.24) is 15.2 Å². The van der Waals surface area contributed by atoms with Gasteiger partial charge in [-0.1, -0.05) is 11.6 Å². The highest BCUT2D eigenvalue weighted by atomic mass is 35.5. The third-order valence-corrected chi connectivity index (χ3v) is 2.77. The highest BCUT2D eigenvalue weighted by Gasteiger charge is 2.04. The minimum Gasteiger partial charge on any atom is -0.398 e. The fourth-order valence-electron chi connectivity index (χ4n) is 0.944. The predicted octanol–water partition coefficient (Wildman–Crippen LogP) is 2.19. The number of halogens is 1. The molecular weight excluding hydrogens is 220 g/mol. The number of anilines is 1. The molecule has 72 valence electrons. The third kappa shape index (κ3) is 2.00. The monoisotopic (exact) mass is 226 g/mol. The van der Waals surface area contributed by atoms with Gasteiger partial charge in [-0.15, -0.1) is 0 Å². The number of nitrogen functional groups attached to an aromatic ring is 1. The second-order valence-corrected chi connectivity index (χ2v) is 4.04. The lowest BCUT2D eigenvalue weighted by molar-refractivity contribution is 0.973. The lowest BCUT2D eigenvalue weighted by Gasteiger charge is -2.02. The molecule has 0 bridgehead atoms. The molecule has 0 spiro atoms. The average molecular weight is 227 g/mol. The van der Waals surface area contributed by atoms with Crippen LogP contribution < -0.4 is 5.73 Å². The van der Waals surface area contributed by atoms with Crippen LogP contribution >= 0.6 is 23.4 Å². The van der Waals surface area contributed by atoms with E-state index in [1.54, 1.807) is 18.2 Å². The Bertz CT molecular complexity index is 429. The van der Waals surface area contributed by atoms with Crippen molar-refractivity contribution in [3.05, 3.63) is 29.5 Å². The number of nitrogens with zero attached hydrogens (tertiary/aromatic N) is 2. The Labute approximate surface area is 89.9 Å². The molecule has 0 aliphatic rings. The van der Waals surface area contributed by atoms with Crippen LogP contribution in [0.4, 0.5) is 5.69 Å². The summed E-state index contributed by atoms with van der Waals surface area (Å²) in [6, 6.07) is 5.31. The highest BCUT2D eigenvalue weighted by Crippen LogP contribution is 2.31. The molecule has 1 aromatic carbocycles. The van der Waals surface area contributed by atoms with E-state index in [-0.39, 0.29) is 0 Å². The maximum Gasteiger partial charge on any atom is 0.188 e. The van der Waals surface area contributed by atoms with Crippen LogP contribution in [0, 0.1) is 0 Å². The zero-order valence-electron chi connectivity index (χ0n) is 7.07. The summed E-state index contributed by atoms with van der Waals surface area (Å²) < 4.78 is 0. The van der Waals surface area contributed by atoms with E-state index in [9.17, 15) is 0 Å². The second kappa shape index (κ2) is 3.89. The summed E-state index contributed by atoms with van der Waals surface area (Å²) in [5.74, 6) is 0. The van der Waals surface area contributed by atoms with Crippen LogP contribution in [-0.4, -0.2) is 15.2 Å². The van der Waals surface area contributed by atoms with Gasteiger partial charge in [-0.05, 0) is 30.0 Å². The maximum absolute atomic E-state index is 5.84. The maximum atomic E-state index is 5.84. The van der Waals surface area contributed by atoms with Gasteiger partial charge in [0.15, 0.2) is 5.16 Å². The van der Waals surface area contributed by atoms with E-state index in [0.29, 0.717) is 15.9 Å². The predicted molar refractivity (Wildman–Crippen MR) is 56.4 cm³/mol. The lowest BCUT2D eigenvalue weighted by atomic mass is 10.3. The van der Waals surface area contributed by atoms with Gasteiger partial charge >= 0.3 is 0 Å². The number of H-pyrrole nitrogens is 1. The van der Waals surface area contributed by atoms with Crippen molar-refractivity contribution in [2.45, 2.75) is 10.1 Å². The van der Waals surface area contributed by atoms with Crippen LogP contribution in [-0.2, 0) is 0 Å². The Balaban J connectivity index is 2.28. The molecule has 4 nitrogen and oxygen atoms in total. The Morgan fingerprint density at radius 1 is 1.43 bits per heavy atom. The van der Waals surface area contributed by atoms with Crippen molar-refractivity contribution in [3.63, 3.8) is 0 Å². The smallest absolute Gasteiger partial charge is 0.188 e. The van der Waals surface area contributed by atoms with E-state index < -0.39 is 0 Å². The van der Waals surface area contributed by atoms with Crippen molar-refractivity contribution in [2.24, 2.45) is 0 Å². The molecule has 0 aliphatic heterocycles. The highest BCUT2D eigenvalue weighted by molar-refractivity contribution is 7.99. The molecule has 0 radical (unpaired) electrons. The number of hydrogen-bond acceptors (Lipinski definition) is 4. The van der Waals surface area contributed by atoms with Crippen LogP contribution in [0.1, 0.15) is 0 Å². The summed E-state index contributed by atoms with van der Waals surface area (Å²) in [5, 5.41) is 7.82. The van der Waals surface area contributed by atoms with E-state index in [0.717, 1.165) is 4.90 Å². The fraction of sp³-hybridized carbons (Fsp3) is 0. The van der Waals surface area contributed by atoms with Crippen molar-refractivity contribution in [3.8, 4) is 0 Å². The van der Waals surface area contributed by atoms with Gasteiger partial charge in [0, 0.05) is 15.6 Å². The molecule has 3 N–H and O–H groups in total. The molecule has 2 rings (SSSR count). The Hall–Kier alpha value is -1.20. The number of aromatic nitrogens is 3. The van der Waals surface area contributed by atoms with E-state index in [1.807, 2.05) is 0 Å². The molecule has 0 aliphatic carbocycles.